The maximum Gasteiger partial charge on any atom is 0.243 e. The predicted octanol–water partition coefficient (Wildman–Crippen LogP) is 0.454. The van der Waals surface area contributed by atoms with Crippen molar-refractivity contribution in [3.63, 3.8) is 0 Å². The fourth-order valence-electron chi connectivity index (χ4n) is 2.56. The minimum Gasteiger partial charge on any atom is -0.372 e. The highest BCUT2D eigenvalue weighted by atomic mass is 16.5. The summed E-state index contributed by atoms with van der Waals surface area (Å²) < 4.78 is 5.72. The van der Waals surface area contributed by atoms with E-state index in [1.807, 2.05) is 13.8 Å². The molecule has 0 aliphatic carbocycles. The smallest absolute Gasteiger partial charge is 0.243 e. The number of hydrogen-bond donors (Lipinski definition) is 2. The average molecular weight is 263 g/mol. The van der Waals surface area contributed by atoms with Gasteiger partial charge >= 0.3 is 0 Å². The van der Waals surface area contributed by atoms with Gasteiger partial charge in [0.1, 0.15) is 12.0 Å². The molecular weight excluding hydrogens is 246 g/mol. The van der Waals surface area contributed by atoms with Crippen molar-refractivity contribution in [1.29, 1.82) is 0 Å². The van der Waals surface area contributed by atoms with E-state index in [0.717, 1.165) is 18.9 Å². The Morgan fingerprint density at radius 3 is 2.79 bits per heavy atom. The first kappa shape index (κ1) is 12.2. The van der Waals surface area contributed by atoms with Crippen LogP contribution in [0.25, 0.3) is 0 Å². The second-order valence-corrected chi connectivity index (χ2v) is 4.98. The first-order valence-corrected chi connectivity index (χ1v) is 6.42. The molecule has 1 aromatic heterocycles. The Balaban J connectivity index is 1.94. The summed E-state index contributed by atoms with van der Waals surface area (Å²) in [5, 5.41) is 5.84. The molecule has 102 valence electrons. The molecular formula is C12H17N5O2. The molecule has 1 saturated heterocycles. The zero-order valence-corrected chi connectivity index (χ0v) is 11.0. The van der Waals surface area contributed by atoms with Crippen molar-refractivity contribution in [3.8, 4) is 0 Å². The number of carbonyl (C=O) groups excluding carboxylic acids is 1. The number of amides is 1. The van der Waals surface area contributed by atoms with E-state index in [1.165, 1.54) is 6.33 Å². The molecule has 0 aromatic carbocycles. The van der Waals surface area contributed by atoms with Gasteiger partial charge in [0.2, 0.25) is 5.91 Å². The second-order valence-electron chi connectivity index (χ2n) is 4.98. The van der Waals surface area contributed by atoms with Crippen molar-refractivity contribution in [1.82, 2.24) is 9.97 Å². The fraction of sp³-hybridized carbons (Fsp3) is 0.583. The molecule has 2 aliphatic rings. The Hall–Kier alpha value is -1.89. The monoisotopic (exact) mass is 263 g/mol. The van der Waals surface area contributed by atoms with Crippen LogP contribution in [0, 0.1) is 0 Å². The minimum atomic E-state index is -0.0714. The van der Waals surface area contributed by atoms with Crippen molar-refractivity contribution in [2.45, 2.75) is 26.1 Å². The third-order valence-electron chi connectivity index (χ3n) is 3.23. The number of ether oxygens (including phenoxy) is 1. The highest BCUT2D eigenvalue weighted by Crippen LogP contribution is 2.32. The van der Waals surface area contributed by atoms with E-state index < -0.39 is 0 Å². The molecule has 19 heavy (non-hydrogen) atoms. The average Bonchev–Trinajstić information content (AvgIpc) is 2.36. The lowest BCUT2D eigenvalue weighted by molar-refractivity contribution is -0.114. The van der Waals surface area contributed by atoms with Crippen molar-refractivity contribution < 1.29 is 9.53 Å². The van der Waals surface area contributed by atoms with Gasteiger partial charge in [-0.05, 0) is 13.8 Å². The Morgan fingerprint density at radius 2 is 2.05 bits per heavy atom. The number of morpholine rings is 1. The van der Waals surface area contributed by atoms with Gasteiger partial charge in [-0.3, -0.25) is 4.79 Å². The zero-order chi connectivity index (χ0) is 13.4. The summed E-state index contributed by atoms with van der Waals surface area (Å²) in [6.07, 6.45) is 1.80. The molecule has 2 aliphatic heterocycles. The van der Waals surface area contributed by atoms with E-state index in [0.29, 0.717) is 11.5 Å². The van der Waals surface area contributed by atoms with Crippen LogP contribution < -0.4 is 15.5 Å². The van der Waals surface area contributed by atoms with Crippen LogP contribution in [0.5, 0.6) is 0 Å². The summed E-state index contributed by atoms with van der Waals surface area (Å²) >= 11 is 0. The number of nitrogens with one attached hydrogen (secondary N) is 2. The van der Waals surface area contributed by atoms with E-state index in [1.54, 1.807) is 0 Å². The van der Waals surface area contributed by atoms with Gasteiger partial charge in [0, 0.05) is 13.1 Å². The molecule has 2 atom stereocenters. The van der Waals surface area contributed by atoms with Crippen molar-refractivity contribution >= 4 is 23.2 Å². The van der Waals surface area contributed by atoms with E-state index in [2.05, 4.69) is 25.5 Å². The predicted molar refractivity (Wildman–Crippen MR) is 71.4 cm³/mol. The quantitative estimate of drug-likeness (QED) is 0.766. The van der Waals surface area contributed by atoms with Gasteiger partial charge in [-0.15, -0.1) is 0 Å². The standard InChI is InChI=1S/C12H17N5O2/c1-7-4-17(5-8(2)19-7)12-10-11(14-6-15-12)13-3-9(18)16-10/h6-8H,3-5H2,1-2H3,(H,16,18)(H,13,14,15)/t7-,8+. The number of anilines is 3. The van der Waals surface area contributed by atoms with E-state index >= 15 is 0 Å². The van der Waals surface area contributed by atoms with Crippen LogP contribution in [-0.4, -0.2) is 47.7 Å². The van der Waals surface area contributed by atoms with Crippen molar-refractivity contribution in [2.24, 2.45) is 0 Å². The number of carbonyl (C=O) groups is 1. The van der Waals surface area contributed by atoms with E-state index in [4.69, 9.17) is 4.74 Å². The summed E-state index contributed by atoms with van der Waals surface area (Å²) in [5.41, 5.74) is 0.667. The van der Waals surface area contributed by atoms with E-state index in [9.17, 15) is 4.79 Å². The van der Waals surface area contributed by atoms with Crippen LogP contribution in [0.2, 0.25) is 0 Å². The summed E-state index contributed by atoms with van der Waals surface area (Å²) in [6, 6.07) is 0. The maximum atomic E-state index is 11.5. The maximum absolute atomic E-state index is 11.5. The molecule has 7 heteroatoms. The first-order chi connectivity index (χ1) is 9.13. The minimum absolute atomic E-state index is 0.0714. The zero-order valence-electron chi connectivity index (χ0n) is 11.0. The van der Waals surface area contributed by atoms with Crippen LogP contribution in [0.3, 0.4) is 0 Å². The largest absolute Gasteiger partial charge is 0.372 e. The molecule has 0 bridgehead atoms. The molecule has 1 aromatic rings. The highest BCUT2D eigenvalue weighted by Gasteiger charge is 2.28. The van der Waals surface area contributed by atoms with Gasteiger partial charge in [-0.2, -0.15) is 0 Å². The SMILES string of the molecule is C[C@@H]1CN(c2ncnc3c2NC(=O)CN3)C[C@H](C)O1. The van der Waals surface area contributed by atoms with E-state index in [-0.39, 0.29) is 24.7 Å². The summed E-state index contributed by atoms with van der Waals surface area (Å²) in [4.78, 5) is 22.1. The van der Waals surface area contributed by atoms with Gasteiger partial charge in [-0.1, -0.05) is 0 Å². The number of rotatable bonds is 1. The molecule has 2 N–H and O–H groups in total. The third-order valence-corrected chi connectivity index (χ3v) is 3.23. The Labute approximate surface area is 111 Å². The fourth-order valence-corrected chi connectivity index (χ4v) is 2.56. The number of nitrogens with zero attached hydrogens (tertiary/aromatic N) is 3. The normalized spacial score (nSPS) is 26.4. The van der Waals surface area contributed by atoms with Gasteiger partial charge in [0.05, 0.1) is 18.8 Å². The van der Waals surface area contributed by atoms with Gasteiger partial charge in [-0.25, -0.2) is 9.97 Å². The lowest BCUT2D eigenvalue weighted by Crippen LogP contribution is -2.46. The molecule has 3 rings (SSSR count). The Kier molecular flexibility index (Phi) is 2.98. The lowest BCUT2D eigenvalue weighted by Gasteiger charge is -2.37. The third kappa shape index (κ3) is 2.33. The van der Waals surface area contributed by atoms with Gasteiger partial charge in [0.15, 0.2) is 11.6 Å². The number of fused-ring (bicyclic) bond motifs is 1. The topological polar surface area (TPSA) is 79.4 Å². The number of hydrogen-bond acceptors (Lipinski definition) is 6. The first-order valence-electron chi connectivity index (χ1n) is 6.42. The molecule has 0 unspecified atom stereocenters. The van der Waals surface area contributed by atoms with Crippen LogP contribution >= 0.6 is 0 Å². The van der Waals surface area contributed by atoms with Crippen molar-refractivity contribution in [3.05, 3.63) is 6.33 Å². The molecule has 0 radical (unpaired) electrons. The summed E-state index contributed by atoms with van der Waals surface area (Å²) in [5.74, 6) is 1.36. The highest BCUT2D eigenvalue weighted by molar-refractivity contribution is 6.02. The van der Waals surface area contributed by atoms with Crippen LogP contribution in [0.4, 0.5) is 17.3 Å². The second kappa shape index (κ2) is 4.65. The van der Waals surface area contributed by atoms with Crippen LogP contribution in [0.15, 0.2) is 6.33 Å². The molecule has 3 heterocycles. The molecule has 0 spiro atoms. The van der Waals surface area contributed by atoms with Crippen LogP contribution in [-0.2, 0) is 9.53 Å². The summed E-state index contributed by atoms with van der Waals surface area (Å²) in [6.45, 7) is 5.83. The molecule has 0 saturated carbocycles. The van der Waals surface area contributed by atoms with Gasteiger partial charge < -0.3 is 20.3 Å². The molecule has 1 amide bonds. The molecule has 1 fully saturated rings. The van der Waals surface area contributed by atoms with Gasteiger partial charge in [0.25, 0.3) is 0 Å². The Morgan fingerprint density at radius 1 is 1.32 bits per heavy atom. The number of aromatic nitrogens is 2. The molecule has 7 nitrogen and oxygen atoms in total. The lowest BCUT2D eigenvalue weighted by atomic mass is 10.2. The van der Waals surface area contributed by atoms with Crippen molar-refractivity contribution in [2.75, 3.05) is 35.2 Å². The van der Waals surface area contributed by atoms with Crippen LogP contribution in [0.1, 0.15) is 13.8 Å². The summed E-state index contributed by atoms with van der Waals surface area (Å²) in [7, 11) is 0. The Bertz CT molecular complexity index is 497.